The van der Waals surface area contributed by atoms with Crippen LogP contribution >= 0.6 is 11.3 Å². The van der Waals surface area contributed by atoms with Crippen molar-refractivity contribution in [1.82, 2.24) is 4.98 Å². The standard InChI is InChI=1S/C8H8N2S.H2O/c1-5-2-3-6-7(4-5)11-8(9)10-6;/h2-4H,1H3,(H2,9,10);1H2. The molecule has 0 atom stereocenters. The fourth-order valence-electron chi connectivity index (χ4n) is 1.05. The van der Waals surface area contributed by atoms with Gasteiger partial charge in [0.1, 0.15) is 0 Å². The van der Waals surface area contributed by atoms with Crippen LogP contribution in [0.15, 0.2) is 18.2 Å². The van der Waals surface area contributed by atoms with Crippen molar-refractivity contribution in [2.45, 2.75) is 6.92 Å². The molecule has 0 spiro atoms. The molecule has 0 aliphatic rings. The Balaban J connectivity index is 0.000000720. The van der Waals surface area contributed by atoms with Crippen LogP contribution in [-0.4, -0.2) is 10.5 Å². The van der Waals surface area contributed by atoms with E-state index >= 15 is 0 Å². The van der Waals surface area contributed by atoms with E-state index in [4.69, 9.17) is 5.73 Å². The summed E-state index contributed by atoms with van der Waals surface area (Å²) in [6, 6.07) is 6.14. The lowest BCUT2D eigenvalue weighted by atomic mass is 10.2. The van der Waals surface area contributed by atoms with E-state index in [2.05, 4.69) is 18.0 Å². The first-order valence-electron chi connectivity index (χ1n) is 3.38. The number of nitrogens with zero attached hydrogens (tertiary/aromatic N) is 1. The molecule has 1 aromatic heterocycles. The molecule has 1 heterocycles. The van der Waals surface area contributed by atoms with Gasteiger partial charge in [-0.2, -0.15) is 0 Å². The van der Waals surface area contributed by atoms with Gasteiger partial charge in [-0.3, -0.25) is 0 Å². The number of nitrogen functional groups attached to an aromatic ring is 1. The average Bonchev–Trinajstić information content (AvgIpc) is 2.27. The topological polar surface area (TPSA) is 70.4 Å². The Bertz CT molecular complexity index is 397. The quantitative estimate of drug-likeness (QED) is 0.668. The molecule has 64 valence electrons. The van der Waals surface area contributed by atoms with Crippen molar-refractivity contribution in [1.29, 1.82) is 0 Å². The minimum Gasteiger partial charge on any atom is -0.412 e. The van der Waals surface area contributed by atoms with Gasteiger partial charge < -0.3 is 11.2 Å². The van der Waals surface area contributed by atoms with E-state index in [1.54, 1.807) is 0 Å². The number of hydrogen-bond acceptors (Lipinski definition) is 3. The number of aryl methyl sites for hydroxylation is 1. The van der Waals surface area contributed by atoms with E-state index in [0.29, 0.717) is 5.13 Å². The summed E-state index contributed by atoms with van der Waals surface area (Å²) in [6.45, 7) is 2.06. The summed E-state index contributed by atoms with van der Waals surface area (Å²) in [4.78, 5) is 4.15. The van der Waals surface area contributed by atoms with E-state index in [1.807, 2.05) is 12.1 Å². The maximum absolute atomic E-state index is 5.55. The van der Waals surface area contributed by atoms with Gasteiger partial charge in [-0.05, 0) is 24.6 Å². The summed E-state index contributed by atoms with van der Waals surface area (Å²) in [5.41, 5.74) is 7.80. The summed E-state index contributed by atoms with van der Waals surface area (Å²) >= 11 is 1.53. The predicted octanol–water partition coefficient (Wildman–Crippen LogP) is 1.36. The van der Waals surface area contributed by atoms with E-state index in [9.17, 15) is 0 Å². The molecule has 3 nitrogen and oxygen atoms in total. The number of benzene rings is 1. The summed E-state index contributed by atoms with van der Waals surface area (Å²) in [7, 11) is 0. The lowest BCUT2D eigenvalue weighted by Gasteiger charge is -1.88. The SMILES string of the molecule is Cc1ccc2nc(N)sc2c1.O. The van der Waals surface area contributed by atoms with Crippen molar-refractivity contribution in [3.8, 4) is 0 Å². The second-order valence-electron chi connectivity index (χ2n) is 2.52. The molecule has 2 rings (SSSR count). The monoisotopic (exact) mass is 182 g/mol. The van der Waals surface area contributed by atoms with Gasteiger partial charge in [-0.15, -0.1) is 0 Å². The molecule has 0 radical (unpaired) electrons. The smallest absolute Gasteiger partial charge is 0.181 e. The van der Waals surface area contributed by atoms with Crippen LogP contribution < -0.4 is 5.73 Å². The molecule has 0 aliphatic carbocycles. The molecule has 0 saturated heterocycles. The Morgan fingerprint density at radius 2 is 2.17 bits per heavy atom. The average molecular weight is 182 g/mol. The van der Waals surface area contributed by atoms with Gasteiger partial charge in [0.2, 0.25) is 0 Å². The van der Waals surface area contributed by atoms with E-state index in [1.165, 1.54) is 21.6 Å². The minimum absolute atomic E-state index is 0. The summed E-state index contributed by atoms with van der Waals surface area (Å²) in [5, 5.41) is 0.644. The van der Waals surface area contributed by atoms with Gasteiger partial charge in [-0.1, -0.05) is 17.4 Å². The number of aromatic nitrogens is 1. The summed E-state index contributed by atoms with van der Waals surface area (Å²) in [6.07, 6.45) is 0. The molecule has 0 fully saturated rings. The van der Waals surface area contributed by atoms with Crippen molar-refractivity contribution in [2.24, 2.45) is 0 Å². The zero-order chi connectivity index (χ0) is 7.84. The largest absolute Gasteiger partial charge is 0.412 e. The van der Waals surface area contributed by atoms with Crippen LogP contribution in [0.1, 0.15) is 5.56 Å². The number of fused-ring (bicyclic) bond motifs is 1. The highest BCUT2D eigenvalue weighted by atomic mass is 32.1. The Morgan fingerprint density at radius 3 is 2.92 bits per heavy atom. The number of hydrogen-bond donors (Lipinski definition) is 1. The number of thiazole rings is 1. The third-order valence-corrected chi connectivity index (χ3v) is 2.41. The van der Waals surface area contributed by atoms with E-state index in [0.717, 1.165) is 5.52 Å². The second kappa shape index (κ2) is 3.08. The van der Waals surface area contributed by atoms with Crippen LogP contribution in [0, 0.1) is 6.92 Å². The molecule has 4 heteroatoms. The number of rotatable bonds is 0. The van der Waals surface area contributed by atoms with Crippen molar-refractivity contribution >= 4 is 26.7 Å². The molecule has 4 N–H and O–H groups in total. The summed E-state index contributed by atoms with van der Waals surface area (Å²) in [5.74, 6) is 0. The van der Waals surface area contributed by atoms with Crippen LogP contribution in [0.5, 0.6) is 0 Å². The number of anilines is 1. The van der Waals surface area contributed by atoms with Crippen LogP contribution in [0.4, 0.5) is 5.13 Å². The molecule has 0 unspecified atom stereocenters. The molecule has 12 heavy (non-hydrogen) atoms. The molecule has 0 bridgehead atoms. The molecule has 0 aliphatic heterocycles. The van der Waals surface area contributed by atoms with Gasteiger partial charge in [0.05, 0.1) is 10.2 Å². The third kappa shape index (κ3) is 1.39. The zero-order valence-corrected chi connectivity index (χ0v) is 7.48. The maximum Gasteiger partial charge on any atom is 0.181 e. The van der Waals surface area contributed by atoms with Gasteiger partial charge in [-0.25, -0.2) is 4.98 Å². The first-order valence-corrected chi connectivity index (χ1v) is 4.20. The highest BCUT2D eigenvalue weighted by Crippen LogP contribution is 2.23. The third-order valence-electron chi connectivity index (χ3n) is 1.56. The minimum atomic E-state index is 0. The molecular weight excluding hydrogens is 172 g/mol. The Kier molecular flexibility index (Phi) is 2.30. The Morgan fingerprint density at radius 1 is 1.42 bits per heavy atom. The molecular formula is C8H10N2OS. The van der Waals surface area contributed by atoms with Crippen molar-refractivity contribution < 1.29 is 5.48 Å². The zero-order valence-electron chi connectivity index (χ0n) is 6.66. The van der Waals surface area contributed by atoms with Gasteiger partial charge in [0.15, 0.2) is 5.13 Å². The first kappa shape index (κ1) is 8.96. The fraction of sp³-hybridized carbons (Fsp3) is 0.125. The van der Waals surface area contributed by atoms with Crippen LogP contribution in [-0.2, 0) is 0 Å². The maximum atomic E-state index is 5.55. The summed E-state index contributed by atoms with van der Waals surface area (Å²) < 4.78 is 1.17. The van der Waals surface area contributed by atoms with Gasteiger partial charge >= 0.3 is 0 Å². The molecule has 2 aromatic rings. The molecule has 0 amide bonds. The molecule has 1 aromatic carbocycles. The van der Waals surface area contributed by atoms with Crippen molar-refractivity contribution in [2.75, 3.05) is 5.73 Å². The van der Waals surface area contributed by atoms with Crippen LogP contribution in [0.3, 0.4) is 0 Å². The molecule has 0 saturated carbocycles. The second-order valence-corrected chi connectivity index (χ2v) is 3.59. The highest BCUT2D eigenvalue weighted by Gasteiger charge is 1.98. The Hall–Kier alpha value is -1.13. The number of nitrogens with two attached hydrogens (primary N) is 1. The fourth-order valence-corrected chi connectivity index (χ4v) is 1.88. The van der Waals surface area contributed by atoms with Crippen molar-refractivity contribution in [3.63, 3.8) is 0 Å². The normalized spacial score (nSPS) is 9.75. The van der Waals surface area contributed by atoms with Crippen molar-refractivity contribution in [3.05, 3.63) is 23.8 Å². The van der Waals surface area contributed by atoms with Crippen LogP contribution in [0.2, 0.25) is 0 Å². The van der Waals surface area contributed by atoms with Gasteiger partial charge in [0, 0.05) is 0 Å². The highest BCUT2D eigenvalue weighted by molar-refractivity contribution is 7.22. The van der Waals surface area contributed by atoms with Gasteiger partial charge in [0.25, 0.3) is 0 Å². The Labute approximate surface area is 74.2 Å². The lowest BCUT2D eigenvalue weighted by molar-refractivity contribution is 0.824. The van der Waals surface area contributed by atoms with E-state index < -0.39 is 0 Å². The predicted molar refractivity (Wildman–Crippen MR) is 52.4 cm³/mol. The lowest BCUT2D eigenvalue weighted by Crippen LogP contribution is -1.78. The van der Waals surface area contributed by atoms with E-state index in [-0.39, 0.29) is 5.48 Å². The van der Waals surface area contributed by atoms with Crippen LogP contribution in [0.25, 0.3) is 10.2 Å². The first-order chi connectivity index (χ1) is 5.25.